The first-order valence-corrected chi connectivity index (χ1v) is 6.46. The Kier molecular flexibility index (Phi) is 2.91. The van der Waals surface area contributed by atoms with E-state index in [4.69, 9.17) is 17.3 Å². The van der Waals surface area contributed by atoms with Gasteiger partial charge in [-0.1, -0.05) is 11.6 Å². The van der Waals surface area contributed by atoms with Crippen LogP contribution in [0.3, 0.4) is 0 Å². The van der Waals surface area contributed by atoms with Gasteiger partial charge in [0, 0.05) is 13.1 Å². The van der Waals surface area contributed by atoms with Gasteiger partial charge in [-0.25, -0.2) is 9.97 Å². The first kappa shape index (κ1) is 11.5. The monoisotopic (exact) mass is 263 g/mol. The summed E-state index contributed by atoms with van der Waals surface area (Å²) in [5.74, 6) is 1.09. The molecule has 2 aromatic heterocycles. The number of pyridine rings is 1. The Labute approximate surface area is 110 Å². The van der Waals surface area contributed by atoms with E-state index in [9.17, 15) is 0 Å². The summed E-state index contributed by atoms with van der Waals surface area (Å²) >= 11 is 5.95. The van der Waals surface area contributed by atoms with Crippen molar-refractivity contribution in [2.24, 2.45) is 0 Å². The molecule has 3 heterocycles. The molecule has 6 heteroatoms. The predicted octanol–water partition coefficient (Wildman–Crippen LogP) is 2.25. The minimum Gasteiger partial charge on any atom is -0.368 e. The number of aromatic nitrogens is 3. The molecule has 0 amide bonds. The summed E-state index contributed by atoms with van der Waals surface area (Å²) in [7, 11) is 0. The van der Waals surface area contributed by atoms with Gasteiger partial charge in [-0.05, 0) is 31.4 Å². The van der Waals surface area contributed by atoms with Gasteiger partial charge in [-0.15, -0.1) is 0 Å². The van der Waals surface area contributed by atoms with Crippen LogP contribution in [-0.4, -0.2) is 28.0 Å². The molecule has 2 N–H and O–H groups in total. The van der Waals surface area contributed by atoms with Crippen molar-refractivity contribution in [2.45, 2.75) is 19.3 Å². The summed E-state index contributed by atoms with van der Waals surface area (Å²) in [4.78, 5) is 15.1. The Bertz CT molecular complexity index is 580. The van der Waals surface area contributed by atoms with Crippen LogP contribution >= 0.6 is 11.6 Å². The number of rotatable bonds is 1. The summed E-state index contributed by atoms with van der Waals surface area (Å²) in [6.45, 7) is 1.97. The molecule has 1 aliphatic rings. The molecular formula is C12H14ClN5. The summed E-state index contributed by atoms with van der Waals surface area (Å²) in [6.07, 6.45) is 3.61. The molecule has 2 aromatic rings. The second-order valence-corrected chi connectivity index (χ2v) is 4.84. The summed E-state index contributed by atoms with van der Waals surface area (Å²) in [5, 5.41) is 0.453. The molecule has 1 aliphatic heterocycles. The highest BCUT2D eigenvalue weighted by Crippen LogP contribution is 2.26. The third-order valence-corrected chi connectivity index (χ3v) is 3.37. The molecule has 18 heavy (non-hydrogen) atoms. The average molecular weight is 264 g/mol. The summed E-state index contributed by atoms with van der Waals surface area (Å²) in [5.41, 5.74) is 7.24. The number of halogens is 1. The van der Waals surface area contributed by atoms with Gasteiger partial charge in [-0.2, -0.15) is 4.98 Å². The summed E-state index contributed by atoms with van der Waals surface area (Å²) < 4.78 is 0. The minimum atomic E-state index is 0.284. The third-order valence-electron chi connectivity index (χ3n) is 3.16. The molecule has 94 valence electrons. The summed E-state index contributed by atoms with van der Waals surface area (Å²) in [6, 6.07) is 3.55. The highest BCUT2D eigenvalue weighted by Gasteiger charge is 2.17. The highest BCUT2D eigenvalue weighted by atomic mass is 35.5. The van der Waals surface area contributed by atoms with Gasteiger partial charge in [0.05, 0.1) is 5.52 Å². The molecular weight excluding hydrogens is 250 g/mol. The molecule has 0 bridgehead atoms. The number of piperidine rings is 1. The molecule has 0 radical (unpaired) electrons. The van der Waals surface area contributed by atoms with Crippen molar-refractivity contribution in [3.05, 3.63) is 17.3 Å². The van der Waals surface area contributed by atoms with E-state index in [0.717, 1.165) is 29.9 Å². The smallest absolute Gasteiger partial charge is 0.222 e. The van der Waals surface area contributed by atoms with Crippen molar-refractivity contribution in [1.29, 1.82) is 0 Å². The van der Waals surface area contributed by atoms with E-state index in [0.29, 0.717) is 5.15 Å². The van der Waals surface area contributed by atoms with E-state index < -0.39 is 0 Å². The van der Waals surface area contributed by atoms with E-state index in [2.05, 4.69) is 19.9 Å². The maximum atomic E-state index is 5.95. The van der Waals surface area contributed by atoms with Crippen LogP contribution in [-0.2, 0) is 0 Å². The van der Waals surface area contributed by atoms with Gasteiger partial charge in [0.1, 0.15) is 10.7 Å². The quantitative estimate of drug-likeness (QED) is 0.800. The van der Waals surface area contributed by atoms with Gasteiger partial charge in [0.2, 0.25) is 5.95 Å². The van der Waals surface area contributed by atoms with E-state index >= 15 is 0 Å². The Hall–Kier alpha value is -1.62. The number of anilines is 2. The molecule has 0 saturated carbocycles. The lowest BCUT2D eigenvalue weighted by atomic mass is 10.1. The number of fused-ring (bicyclic) bond motifs is 1. The van der Waals surface area contributed by atoms with E-state index in [1.165, 1.54) is 19.3 Å². The molecule has 5 nitrogen and oxygen atoms in total. The van der Waals surface area contributed by atoms with Gasteiger partial charge >= 0.3 is 0 Å². The lowest BCUT2D eigenvalue weighted by Crippen LogP contribution is -2.30. The molecule has 1 saturated heterocycles. The Morgan fingerprint density at radius 3 is 2.61 bits per heavy atom. The first-order chi connectivity index (χ1) is 8.74. The van der Waals surface area contributed by atoms with Crippen molar-refractivity contribution in [3.8, 4) is 0 Å². The van der Waals surface area contributed by atoms with Crippen LogP contribution < -0.4 is 10.6 Å². The van der Waals surface area contributed by atoms with Crippen molar-refractivity contribution < 1.29 is 0 Å². The molecule has 0 spiro atoms. The average Bonchev–Trinajstić information content (AvgIpc) is 2.39. The van der Waals surface area contributed by atoms with Crippen LogP contribution in [0.15, 0.2) is 12.1 Å². The second-order valence-electron chi connectivity index (χ2n) is 4.45. The lowest BCUT2D eigenvalue weighted by Gasteiger charge is -2.28. The number of hydrogen-bond donors (Lipinski definition) is 1. The highest BCUT2D eigenvalue weighted by molar-refractivity contribution is 6.29. The molecule has 3 rings (SSSR count). The number of nitrogens with two attached hydrogens (primary N) is 1. The Morgan fingerprint density at radius 1 is 1.06 bits per heavy atom. The molecule has 0 atom stereocenters. The van der Waals surface area contributed by atoms with Crippen LogP contribution in [0.25, 0.3) is 11.0 Å². The SMILES string of the molecule is Nc1nc(N2CCCCC2)c2nc(Cl)ccc2n1. The van der Waals surface area contributed by atoms with Crippen LogP contribution in [0.2, 0.25) is 5.15 Å². The predicted molar refractivity (Wildman–Crippen MR) is 72.8 cm³/mol. The molecule has 0 aromatic carbocycles. The largest absolute Gasteiger partial charge is 0.368 e. The van der Waals surface area contributed by atoms with Crippen molar-refractivity contribution >= 4 is 34.4 Å². The number of hydrogen-bond acceptors (Lipinski definition) is 5. The lowest BCUT2D eigenvalue weighted by molar-refractivity contribution is 0.574. The first-order valence-electron chi connectivity index (χ1n) is 6.09. The zero-order valence-electron chi connectivity index (χ0n) is 9.93. The van der Waals surface area contributed by atoms with Gasteiger partial charge in [0.15, 0.2) is 5.82 Å². The van der Waals surface area contributed by atoms with E-state index in [-0.39, 0.29) is 5.95 Å². The second kappa shape index (κ2) is 4.57. The van der Waals surface area contributed by atoms with Crippen LogP contribution in [0, 0.1) is 0 Å². The zero-order valence-corrected chi connectivity index (χ0v) is 10.7. The fourth-order valence-corrected chi connectivity index (χ4v) is 2.47. The Morgan fingerprint density at radius 2 is 1.83 bits per heavy atom. The van der Waals surface area contributed by atoms with Crippen molar-refractivity contribution in [3.63, 3.8) is 0 Å². The fourth-order valence-electron chi connectivity index (χ4n) is 2.32. The standard InChI is InChI=1S/C12H14ClN5/c13-9-5-4-8-10(16-9)11(17-12(14)15-8)18-6-2-1-3-7-18/h4-5H,1-3,6-7H2,(H2,14,15,17). The van der Waals surface area contributed by atoms with Crippen LogP contribution in [0.1, 0.15) is 19.3 Å². The molecule has 1 fully saturated rings. The van der Waals surface area contributed by atoms with Crippen LogP contribution in [0.5, 0.6) is 0 Å². The van der Waals surface area contributed by atoms with Crippen molar-refractivity contribution in [2.75, 3.05) is 23.7 Å². The fraction of sp³-hybridized carbons (Fsp3) is 0.417. The topological polar surface area (TPSA) is 67.9 Å². The van der Waals surface area contributed by atoms with Gasteiger partial charge in [-0.3, -0.25) is 0 Å². The number of nitrogens with zero attached hydrogens (tertiary/aromatic N) is 4. The van der Waals surface area contributed by atoms with E-state index in [1.807, 2.05) is 6.07 Å². The minimum absolute atomic E-state index is 0.284. The van der Waals surface area contributed by atoms with Gasteiger partial charge < -0.3 is 10.6 Å². The maximum absolute atomic E-state index is 5.95. The van der Waals surface area contributed by atoms with Crippen LogP contribution in [0.4, 0.5) is 11.8 Å². The molecule has 0 unspecified atom stereocenters. The Balaban J connectivity index is 2.16. The van der Waals surface area contributed by atoms with Crippen molar-refractivity contribution in [1.82, 2.24) is 15.0 Å². The third kappa shape index (κ3) is 2.06. The zero-order chi connectivity index (χ0) is 12.5. The number of nitrogen functional groups attached to an aromatic ring is 1. The maximum Gasteiger partial charge on any atom is 0.222 e. The van der Waals surface area contributed by atoms with E-state index in [1.54, 1.807) is 6.07 Å². The van der Waals surface area contributed by atoms with Gasteiger partial charge in [0.25, 0.3) is 0 Å². The molecule has 0 aliphatic carbocycles. The normalized spacial score (nSPS) is 16.2.